The van der Waals surface area contributed by atoms with Crippen molar-refractivity contribution in [3.63, 3.8) is 0 Å². The first kappa shape index (κ1) is 15.8. The molecule has 20 heavy (non-hydrogen) atoms. The molecule has 6 nitrogen and oxygen atoms in total. The molecule has 0 aromatic heterocycles. The van der Waals surface area contributed by atoms with Crippen LogP contribution in [0, 0.1) is 0 Å². The summed E-state index contributed by atoms with van der Waals surface area (Å²) in [5.41, 5.74) is -0.274. The Bertz CT molecular complexity index is 517. The van der Waals surface area contributed by atoms with Crippen LogP contribution in [0.3, 0.4) is 0 Å². The second-order valence-corrected chi connectivity index (χ2v) is 3.80. The van der Waals surface area contributed by atoms with Gasteiger partial charge >= 0.3 is 12.1 Å². The molecule has 9 heteroatoms. The van der Waals surface area contributed by atoms with Crippen LogP contribution in [0.4, 0.5) is 18.9 Å². The highest BCUT2D eigenvalue weighted by molar-refractivity contribution is 5.95. The number of aromatic carboxylic acids is 1. The number of nitrogens with one attached hydrogen (secondary N) is 2. The van der Waals surface area contributed by atoms with Gasteiger partial charge in [0.1, 0.15) is 11.3 Å². The number of benzene rings is 1. The zero-order valence-corrected chi connectivity index (χ0v) is 9.99. The number of hydrogen-bond donors (Lipinski definition) is 4. The van der Waals surface area contributed by atoms with Gasteiger partial charge in [0.05, 0.1) is 13.1 Å². The van der Waals surface area contributed by atoms with Gasteiger partial charge in [0.2, 0.25) is 5.91 Å². The Morgan fingerprint density at radius 3 is 2.40 bits per heavy atom. The van der Waals surface area contributed by atoms with Crippen LogP contribution >= 0.6 is 0 Å². The average molecular weight is 292 g/mol. The molecular weight excluding hydrogens is 281 g/mol. The third kappa shape index (κ3) is 5.14. The number of anilines is 1. The van der Waals surface area contributed by atoms with Crippen molar-refractivity contribution in [2.24, 2.45) is 0 Å². The van der Waals surface area contributed by atoms with Crippen molar-refractivity contribution in [2.45, 2.75) is 6.18 Å². The largest absolute Gasteiger partial charge is 0.507 e. The van der Waals surface area contributed by atoms with E-state index in [1.165, 1.54) is 6.07 Å². The summed E-state index contributed by atoms with van der Waals surface area (Å²) in [5.74, 6) is -2.65. The van der Waals surface area contributed by atoms with Gasteiger partial charge in [0.25, 0.3) is 0 Å². The Kier molecular flexibility index (Phi) is 4.92. The minimum Gasteiger partial charge on any atom is -0.507 e. The molecule has 1 aromatic carbocycles. The highest BCUT2D eigenvalue weighted by atomic mass is 19.4. The Hall–Kier alpha value is -2.29. The minimum atomic E-state index is -4.41. The van der Waals surface area contributed by atoms with Gasteiger partial charge in [0, 0.05) is 11.8 Å². The molecule has 1 amide bonds. The van der Waals surface area contributed by atoms with Crippen LogP contribution in [-0.4, -0.2) is 41.4 Å². The van der Waals surface area contributed by atoms with Crippen LogP contribution in [0.5, 0.6) is 5.75 Å². The summed E-state index contributed by atoms with van der Waals surface area (Å²) in [5, 5.41) is 22.1. The molecule has 1 rings (SSSR count). The lowest BCUT2D eigenvalue weighted by Gasteiger charge is -2.09. The number of rotatable bonds is 5. The summed E-state index contributed by atoms with van der Waals surface area (Å²) in [7, 11) is 0. The molecule has 1 aromatic rings. The lowest BCUT2D eigenvalue weighted by Crippen LogP contribution is -2.35. The van der Waals surface area contributed by atoms with Gasteiger partial charge in [-0.1, -0.05) is 0 Å². The molecule has 0 saturated heterocycles. The van der Waals surface area contributed by atoms with Gasteiger partial charge < -0.3 is 20.8 Å². The predicted molar refractivity (Wildman–Crippen MR) is 62.6 cm³/mol. The van der Waals surface area contributed by atoms with Crippen molar-refractivity contribution in [3.05, 3.63) is 23.8 Å². The highest BCUT2D eigenvalue weighted by Gasteiger charge is 2.26. The molecule has 0 unspecified atom stereocenters. The molecule has 0 saturated carbocycles. The van der Waals surface area contributed by atoms with Crippen molar-refractivity contribution < 1.29 is 33.0 Å². The van der Waals surface area contributed by atoms with Crippen LogP contribution in [0.2, 0.25) is 0 Å². The fraction of sp³-hybridized carbons (Fsp3) is 0.273. The van der Waals surface area contributed by atoms with Crippen molar-refractivity contribution >= 4 is 17.6 Å². The molecule has 0 radical (unpaired) electrons. The van der Waals surface area contributed by atoms with Crippen LogP contribution in [0.1, 0.15) is 10.4 Å². The third-order valence-electron chi connectivity index (χ3n) is 2.12. The maximum absolute atomic E-state index is 11.8. The number of amides is 1. The second kappa shape index (κ2) is 6.24. The number of carboxylic acid groups (broad SMARTS) is 1. The fourth-order valence-electron chi connectivity index (χ4n) is 1.31. The van der Waals surface area contributed by atoms with E-state index in [1.54, 1.807) is 0 Å². The lowest BCUT2D eigenvalue weighted by molar-refractivity contribution is -0.126. The molecule has 0 spiro atoms. The zero-order chi connectivity index (χ0) is 15.3. The molecular formula is C11H11F3N2O4. The quantitative estimate of drug-likeness (QED) is 0.653. The number of carboxylic acids is 1. The second-order valence-electron chi connectivity index (χ2n) is 3.80. The van der Waals surface area contributed by atoms with Gasteiger partial charge in [-0.25, -0.2) is 4.79 Å². The summed E-state index contributed by atoms with van der Waals surface area (Å²) in [6.45, 7) is -1.87. The van der Waals surface area contributed by atoms with E-state index in [0.717, 1.165) is 12.1 Å². The normalized spacial score (nSPS) is 11.2. The standard InChI is InChI=1S/C11H11F3N2O4/c12-11(13,14)5-15-4-9(18)16-6-1-2-7(10(19)20)8(17)3-6/h1-3,15,17H,4-5H2,(H,16,18)(H,19,20). The molecule has 0 fully saturated rings. The van der Waals surface area contributed by atoms with Gasteiger partial charge in [0.15, 0.2) is 0 Å². The fourth-order valence-corrected chi connectivity index (χ4v) is 1.31. The van der Waals surface area contributed by atoms with E-state index in [0.29, 0.717) is 0 Å². The van der Waals surface area contributed by atoms with E-state index in [2.05, 4.69) is 5.32 Å². The van der Waals surface area contributed by atoms with Crippen LogP contribution < -0.4 is 10.6 Å². The maximum Gasteiger partial charge on any atom is 0.401 e. The zero-order valence-electron chi connectivity index (χ0n) is 9.99. The van der Waals surface area contributed by atoms with E-state index in [-0.39, 0.29) is 11.3 Å². The summed E-state index contributed by atoms with van der Waals surface area (Å²) in [4.78, 5) is 21.9. The number of carbonyl (C=O) groups is 2. The number of halogens is 3. The first-order valence-corrected chi connectivity index (χ1v) is 5.32. The number of alkyl halides is 3. The molecule has 0 heterocycles. The molecule has 110 valence electrons. The van der Waals surface area contributed by atoms with Gasteiger partial charge in [-0.3, -0.25) is 4.79 Å². The summed E-state index contributed by atoms with van der Waals surface area (Å²) < 4.78 is 35.5. The van der Waals surface area contributed by atoms with Crippen molar-refractivity contribution in [3.8, 4) is 5.75 Å². The molecule has 4 N–H and O–H groups in total. The van der Waals surface area contributed by atoms with E-state index >= 15 is 0 Å². The summed E-state index contributed by atoms with van der Waals surface area (Å²) in [6, 6.07) is 3.27. The third-order valence-corrected chi connectivity index (χ3v) is 2.12. The molecule has 0 aliphatic rings. The number of aromatic hydroxyl groups is 1. The van der Waals surface area contributed by atoms with Crippen molar-refractivity contribution in [1.82, 2.24) is 5.32 Å². The van der Waals surface area contributed by atoms with Crippen LogP contribution in [-0.2, 0) is 4.79 Å². The number of phenols is 1. The molecule has 0 aliphatic carbocycles. The minimum absolute atomic E-state index is 0.0753. The number of carbonyl (C=O) groups excluding carboxylic acids is 1. The van der Waals surface area contributed by atoms with Crippen molar-refractivity contribution in [1.29, 1.82) is 0 Å². The van der Waals surface area contributed by atoms with Gasteiger partial charge in [-0.2, -0.15) is 13.2 Å². The summed E-state index contributed by atoms with van der Waals surface area (Å²) in [6.07, 6.45) is -4.41. The van der Waals surface area contributed by atoms with E-state index in [4.69, 9.17) is 5.11 Å². The smallest absolute Gasteiger partial charge is 0.401 e. The monoisotopic (exact) mass is 292 g/mol. The lowest BCUT2D eigenvalue weighted by atomic mass is 10.2. The average Bonchev–Trinajstić information content (AvgIpc) is 2.26. The molecule has 0 atom stereocenters. The Labute approximate surface area is 111 Å². The first-order chi connectivity index (χ1) is 9.19. The van der Waals surface area contributed by atoms with Crippen molar-refractivity contribution in [2.75, 3.05) is 18.4 Å². The van der Waals surface area contributed by atoms with Gasteiger partial charge in [-0.05, 0) is 12.1 Å². The van der Waals surface area contributed by atoms with Crippen LogP contribution in [0.15, 0.2) is 18.2 Å². The summed E-state index contributed by atoms with van der Waals surface area (Å²) >= 11 is 0. The molecule has 0 aliphatic heterocycles. The predicted octanol–water partition coefficient (Wildman–Crippen LogP) is 1.18. The van der Waals surface area contributed by atoms with E-state index < -0.39 is 36.9 Å². The molecule has 0 bridgehead atoms. The van der Waals surface area contributed by atoms with Gasteiger partial charge in [-0.15, -0.1) is 0 Å². The topological polar surface area (TPSA) is 98.7 Å². The number of hydrogen-bond acceptors (Lipinski definition) is 4. The highest BCUT2D eigenvalue weighted by Crippen LogP contribution is 2.21. The Morgan fingerprint density at radius 2 is 1.90 bits per heavy atom. The Balaban J connectivity index is 2.54. The SMILES string of the molecule is O=C(CNCC(F)(F)F)Nc1ccc(C(=O)O)c(O)c1. The van der Waals surface area contributed by atoms with E-state index in [1.807, 2.05) is 5.32 Å². The first-order valence-electron chi connectivity index (χ1n) is 5.32. The maximum atomic E-state index is 11.8. The van der Waals surface area contributed by atoms with E-state index in [9.17, 15) is 27.9 Å². The Morgan fingerprint density at radius 1 is 1.25 bits per heavy atom. The van der Waals surface area contributed by atoms with Crippen LogP contribution in [0.25, 0.3) is 0 Å².